The predicted molar refractivity (Wildman–Crippen MR) is 107 cm³/mol. The quantitative estimate of drug-likeness (QED) is 0.426. The van der Waals surface area contributed by atoms with Crippen molar-refractivity contribution in [2.45, 2.75) is 19.9 Å². The normalized spacial score (nSPS) is 16.4. The SMILES string of the molecule is CC1=C(C(=O)Nc2ccc(C)cc2)[C@H](c2cccc([N+](=O)[O-])c2)NC(=S)N1. The van der Waals surface area contributed by atoms with Gasteiger partial charge >= 0.3 is 0 Å². The van der Waals surface area contributed by atoms with Gasteiger partial charge in [0, 0.05) is 23.5 Å². The van der Waals surface area contributed by atoms with Crippen molar-refractivity contribution in [1.29, 1.82) is 0 Å². The summed E-state index contributed by atoms with van der Waals surface area (Å²) in [5.41, 5.74) is 3.31. The van der Waals surface area contributed by atoms with E-state index in [9.17, 15) is 14.9 Å². The van der Waals surface area contributed by atoms with Crippen LogP contribution in [0.15, 0.2) is 59.8 Å². The van der Waals surface area contributed by atoms with E-state index in [-0.39, 0.29) is 11.6 Å². The van der Waals surface area contributed by atoms with Crippen LogP contribution >= 0.6 is 12.2 Å². The summed E-state index contributed by atoms with van der Waals surface area (Å²) in [6.45, 7) is 3.72. The standard InChI is InChI=1S/C19H18N4O3S/c1-11-6-8-14(9-7-11)21-18(24)16-12(2)20-19(27)22-17(16)13-4-3-5-15(10-13)23(25)26/h3-10,17H,1-2H3,(H,21,24)(H2,20,22,27)/t17-/m0/s1. The number of aryl methyl sites for hydroxylation is 1. The lowest BCUT2D eigenvalue weighted by atomic mass is 9.94. The summed E-state index contributed by atoms with van der Waals surface area (Å²) < 4.78 is 0. The van der Waals surface area contributed by atoms with Crippen molar-refractivity contribution < 1.29 is 9.72 Å². The number of thiocarbonyl (C=S) groups is 1. The maximum absolute atomic E-state index is 12.9. The van der Waals surface area contributed by atoms with Gasteiger partial charge < -0.3 is 16.0 Å². The number of rotatable bonds is 4. The number of nitro groups is 1. The van der Waals surface area contributed by atoms with E-state index in [0.717, 1.165) is 5.56 Å². The Kier molecular flexibility index (Phi) is 5.18. The first-order valence-electron chi connectivity index (χ1n) is 8.26. The van der Waals surface area contributed by atoms with Crippen molar-refractivity contribution in [2.24, 2.45) is 0 Å². The van der Waals surface area contributed by atoms with Crippen LogP contribution in [-0.2, 0) is 4.79 Å². The maximum Gasteiger partial charge on any atom is 0.269 e. The first kappa shape index (κ1) is 18.5. The molecule has 0 saturated heterocycles. The highest BCUT2D eigenvalue weighted by molar-refractivity contribution is 7.80. The van der Waals surface area contributed by atoms with E-state index in [1.165, 1.54) is 12.1 Å². The number of anilines is 1. The molecule has 0 spiro atoms. The smallest absolute Gasteiger partial charge is 0.269 e. The summed E-state index contributed by atoms with van der Waals surface area (Å²) in [5, 5.41) is 20.3. The second-order valence-corrected chi connectivity index (χ2v) is 6.65. The van der Waals surface area contributed by atoms with Crippen molar-refractivity contribution in [2.75, 3.05) is 5.32 Å². The molecule has 0 aromatic heterocycles. The summed E-state index contributed by atoms with van der Waals surface area (Å²) in [6.07, 6.45) is 0. The summed E-state index contributed by atoms with van der Waals surface area (Å²) in [4.78, 5) is 23.6. The zero-order chi connectivity index (χ0) is 19.6. The van der Waals surface area contributed by atoms with Crippen molar-refractivity contribution in [3.8, 4) is 0 Å². The lowest BCUT2D eigenvalue weighted by Gasteiger charge is -2.30. The molecule has 3 N–H and O–H groups in total. The third-order valence-electron chi connectivity index (χ3n) is 4.24. The van der Waals surface area contributed by atoms with Crippen LogP contribution in [-0.4, -0.2) is 15.9 Å². The lowest BCUT2D eigenvalue weighted by molar-refractivity contribution is -0.384. The lowest BCUT2D eigenvalue weighted by Crippen LogP contribution is -2.45. The van der Waals surface area contributed by atoms with E-state index in [4.69, 9.17) is 12.2 Å². The molecule has 2 aromatic carbocycles. The molecule has 0 unspecified atom stereocenters. The average Bonchev–Trinajstić information content (AvgIpc) is 2.63. The Hall–Kier alpha value is -3.26. The van der Waals surface area contributed by atoms with Crippen LogP contribution in [0, 0.1) is 17.0 Å². The van der Waals surface area contributed by atoms with Gasteiger partial charge in [0.25, 0.3) is 11.6 Å². The molecule has 1 aliphatic heterocycles. The van der Waals surface area contributed by atoms with Crippen LogP contribution in [0.1, 0.15) is 24.1 Å². The van der Waals surface area contributed by atoms with Crippen molar-refractivity contribution in [3.63, 3.8) is 0 Å². The molecule has 1 atom stereocenters. The van der Waals surface area contributed by atoms with Gasteiger partial charge in [-0.15, -0.1) is 0 Å². The van der Waals surface area contributed by atoms with Crippen LogP contribution in [0.25, 0.3) is 0 Å². The molecule has 1 amide bonds. The average molecular weight is 382 g/mol. The van der Waals surface area contributed by atoms with Gasteiger partial charge in [0.05, 0.1) is 16.5 Å². The van der Waals surface area contributed by atoms with Gasteiger partial charge in [-0.1, -0.05) is 29.8 Å². The Bertz CT molecular complexity index is 954. The maximum atomic E-state index is 12.9. The van der Waals surface area contributed by atoms with E-state index in [1.807, 2.05) is 31.2 Å². The van der Waals surface area contributed by atoms with Crippen LogP contribution < -0.4 is 16.0 Å². The molecule has 2 aromatic rings. The third kappa shape index (κ3) is 4.12. The van der Waals surface area contributed by atoms with Crippen LogP contribution in [0.4, 0.5) is 11.4 Å². The Morgan fingerprint density at radius 1 is 1.19 bits per heavy atom. The fraction of sp³-hybridized carbons (Fsp3) is 0.158. The molecular formula is C19H18N4O3S. The minimum Gasteiger partial charge on any atom is -0.351 e. The van der Waals surface area contributed by atoms with Gasteiger partial charge in [-0.05, 0) is 43.8 Å². The fourth-order valence-electron chi connectivity index (χ4n) is 2.90. The molecule has 0 fully saturated rings. The Morgan fingerprint density at radius 2 is 1.89 bits per heavy atom. The zero-order valence-corrected chi connectivity index (χ0v) is 15.6. The largest absolute Gasteiger partial charge is 0.351 e. The molecule has 1 heterocycles. The Labute approximate surface area is 161 Å². The number of carbonyl (C=O) groups is 1. The van der Waals surface area contributed by atoms with Gasteiger partial charge in [0.15, 0.2) is 5.11 Å². The molecule has 3 rings (SSSR count). The highest BCUT2D eigenvalue weighted by atomic mass is 32.1. The molecule has 8 heteroatoms. The predicted octanol–water partition coefficient (Wildman–Crippen LogP) is 3.33. The third-order valence-corrected chi connectivity index (χ3v) is 4.46. The monoisotopic (exact) mass is 382 g/mol. The molecule has 7 nitrogen and oxygen atoms in total. The van der Waals surface area contributed by atoms with Crippen LogP contribution in [0.3, 0.4) is 0 Å². The van der Waals surface area contributed by atoms with E-state index < -0.39 is 11.0 Å². The highest BCUT2D eigenvalue weighted by Gasteiger charge is 2.30. The zero-order valence-electron chi connectivity index (χ0n) is 14.8. The molecule has 0 saturated carbocycles. The van der Waals surface area contributed by atoms with Crippen molar-refractivity contribution in [1.82, 2.24) is 10.6 Å². The number of nitrogens with one attached hydrogen (secondary N) is 3. The van der Waals surface area contributed by atoms with Gasteiger partial charge in [-0.2, -0.15) is 0 Å². The first-order valence-corrected chi connectivity index (χ1v) is 8.66. The molecule has 0 aliphatic carbocycles. The number of amides is 1. The molecule has 1 aliphatic rings. The second kappa shape index (κ2) is 7.55. The molecular weight excluding hydrogens is 364 g/mol. The number of hydrogen-bond donors (Lipinski definition) is 3. The molecule has 138 valence electrons. The van der Waals surface area contributed by atoms with E-state index in [1.54, 1.807) is 19.1 Å². The number of allylic oxidation sites excluding steroid dienone is 1. The first-order chi connectivity index (χ1) is 12.8. The Morgan fingerprint density at radius 3 is 2.56 bits per heavy atom. The summed E-state index contributed by atoms with van der Waals surface area (Å²) in [7, 11) is 0. The number of benzene rings is 2. The number of hydrogen-bond acceptors (Lipinski definition) is 4. The minimum absolute atomic E-state index is 0.0466. The fourth-order valence-corrected chi connectivity index (χ4v) is 3.17. The van der Waals surface area contributed by atoms with Gasteiger partial charge in [-0.3, -0.25) is 14.9 Å². The second-order valence-electron chi connectivity index (χ2n) is 6.24. The number of nitro benzene ring substituents is 1. The van der Waals surface area contributed by atoms with Crippen molar-refractivity contribution >= 4 is 34.6 Å². The van der Waals surface area contributed by atoms with Gasteiger partial charge in [-0.25, -0.2) is 0 Å². The van der Waals surface area contributed by atoms with Gasteiger partial charge in [0.1, 0.15) is 0 Å². The molecule has 0 radical (unpaired) electrons. The van der Waals surface area contributed by atoms with Crippen LogP contribution in [0.2, 0.25) is 0 Å². The number of nitrogens with zero attached hydrogens (tertiary/aromatic N) is 1. The highest BCUT2D eigenvalue weighted by Crippen LogP contribution is 2.29. The summed E-state index contributed by atoms with van der Waals surface area (Å²) >= 11 is 5.21. The number of non-ortho nitro benzene ring substituents is 1. The summed E-state index contributed by atoms with van der Waals surface area (Å²) in [6, 6.07) is 13.0. The van der Waals surface area contributed by atoms with Crippen LogP contribution in [0.5, 0.6) is 0 Å². The number of carbonyl (C=O) groups excluding carboxylic acids is 1. The van der Waals surface area contributed by atoms with Gasteiger partial charge in [0.2, 0.25) is 0 Å². The topological polar surface area (TPSA) is 96.3 Å². The molecule has 27 heavy (non-hydrogen) atoms. The van der Waals surface area contributed by atoms with E-state index in [2.05, 4.69) is 16.0 Å². The Balaban J connectivity index is 1.96. The minimum atomic E-state index is -0.593. The van der Waals surface area contributed by atoms with Crippen molar-refractivity contribution in [3.05, 3.63) is 81.0 Å². The summed E-state index contributed by atoms with van der Waals surface area (Å²) in [5.74, 6) is -0.310. The van der Waals surface area contributed by atoms with E-state index >= 15 is 0 Å². The molecule has 0 bridgehead atoms. The van der Waals surface area contributed by atoms with E-state index in [0.29, 0.717) is 27.6 Å².